The molecule has 1 amide bonds. The molecule has 1 aromatic carbocycles. The number of anilines is 1. The molecule has 0 aliphatic rings. The number of nitrogens with one attached hydrogen (secondary N) is 2. The van der Waals surface area contributed by atoms with Gasteiger partial charge in [-0.05, 0) is 30.7 Å². The maximum atomic E-state index is 11.8. The first-order chi connectivity index (χ1) is 8.95. The molecule has 7 heteroatoms. The first-order valence-corrected chi connectivity index (χ1v) is 7.35. The van der Waals surface area contributed by atoms with E-state index in [2.05, 4.69) is 15.2 Å². The van der Waals surface area contributed by atoms with Crippen molar-refractivity contribution in [3.63, 3.8) is 0 Å². The fourth-order valence-electron chi connectivity index (χ4n) is 1.27. The van der Waals surface area contributed by atoms with E-state index in [1.807, 2.05) is 6.92 Å². The van der Waals surface area contributed by atoms with Gasteiger partial charge in [-0.15, -0.1) is 0 Å². The first kappa shape index (κ1) is 15.2. The number of benzene rings is 1. The van der Waals surface area contributed by atoms with Gasteiger partial charge in [-0.25, -0.2) is 4.83 Å². The SMILES string of the molecule is CCC/C=N\NS(=O)(=O)c1ccc(NC(C)=O)cc1. The van der Waals surface area contributed by atoms with E-state index in [0.717, 1.165) is 6.42 Å². The smallest absolute Gasteiger partial charge is 0.276 e. The number of hydrogen-bond donors (Lipinski definition) is 2. The van der Waals surface area contributed by atoms with Gasteiger partial charge in [0.05, 0.1) is 4.90 Å². The van der Waals surface area contributed by atoms with Crippen molar-refractivity contribution in [2.24, 2.45) is 5.10 Å². The number of sulfonamides is 1. The van der Waals surface area contributed by atoms with Crippen LogP contribution < -0.4 is 10.1 Å². The van der Waals surface area contributed by atoms with Gasteiger partial charge < -0.3 is 5.32 Å². The molecular formula is C12H17N3O3S. The summed E-state index contributed by atoms with van der Waals surface area (Å²) in [4.78, 5) is 13.1. The fourth-order valence-corrected chi connectivity index (χ4v) is 2.09. The first-order valence-electron chi connectivity index (χ1n) is 5.86. The van der Waals surface area contributed by atoms with Crippen LogP contribution in [0.4, 0.5) is 5.69 Å². The second-order valence-electron chi connectivity index (χ2n) is 3.90. The Kier molecular flexibility index (Phi) is 5.50. The Labute approximate surface area is 113 Å². The zero-order chi connectivity index (χ0) is 14.3. The molecule has 0 unspecified atom stereocenters. The molecular weight excluding hydrogens is 266 g/mol. The quantitative estimate of drug-likeness (QED) is 0.615. The number of amides is 1. The van der Waals surface area contributed by atoms with Crippen LogP contribution in [0, 0.1) is 0 Å². The topological polar surface area (TPSA) is 87.6 Å². The van der Waals surface area contributed by atoms with Crippen LogP contribution in [-0.2, 0) is 14.8 Å². The van der Waals surface area contributed by atoms with Gasteiger partial charge in [0.15, 0.2) is 0 Å². The number of nitrogens with zero attached hydrogens (tertiary/aromatic N) is 1. The van der Waals surface area contributed by atoms with E-state index in [1.54, 1.807) is 0 Å². The summed E-state index contributed by atoms with van der Waals surface area (Å²) in [6, 6.07) is 5.85. The maximum absolute atomic E-state index is 11.8. The van der Waals surface area contributed by atoms with Crippen LogP contribution in [0.3, 0.4) is 0 Å². The second kappa shape index (κ2) is 6.89. The summed E-state index contributed by atoms with van der Waals surface area (Å²) in [5, 5.41) is 6.21. The molecule has 0 saturated heterocycles. The Bertz CT molecular complexity index is 550. The Hall–Kier alpha value is -1.89. The Morgan fingerprint density at radius 2 is 1.95 bits per heavy atom. The van der Waals surface area contributed by atoms with E-state index in [4.69, 9.17) is 0 Å². The third kappa shape index (κ3) is 5.09. The van der Waals surface area contributed by atoms with Crippen LogP contribution >= 0.6 is 0 Å². The minimum Gasteiger partial charge on any atom is -0.326 e. The van der Waals surface area contributed by atoms with Gasteiger partial charge in [-0.1, -0.05) is 13.3 Å². The third-order valence-corrected chi connectivity index (χ3v) is 3.41. The molecule has 0 fully saturated rings. The standard InChI is InChI=1S/C12H17N3O3S/c1-3-4-9-13-15-19(17,18)12-7-5-11(6-8-12)14-10(2)16/h5-9,15H,3-4H2,1-2H3,(H,14,16)/b13-9-. The van der Waals surface area contributed by atoms with E-state index in [9.17, 15) is 13.2 Å². The predicted molar refractivity (Wildman–Crippen MR) is 74.5 cm³/mol. The molecule has 6 nitrogen and oxygen atoms in total. The summed E-state index contributed by atoms with van der Waals surface area (Å²) in [6.45, 7) is 3.36. The Balaban J connectivity index is 2.76. The van der Waals surface area contributed by atoms with Crippen molar-refractivity contribution >= 4 is 27.8 Å². The fraction of sp³-hybridized carbons (Fsp3) is 0.333. The largest absolute Gasteiger partial charge is 0.326 e. The van der Waals surface area contributed by atoms with Crippen LogP contribution in [0.5, 0.6) is 0 Å². The van der Waals surface area contributed by atoms with Gasteiger partial charge in [-0.3, -0.25) is 4.79 Å². The van der Waals surface area contributed by atoms with Crippen LogP contribution in [0.15, 0.2) is 34.3 Å². The van der Waals surface area contributed by atoms with Crippen molar-refractivity contribution in [2.75, 3.05) is 5.32 Å². The molecule has 0 aliphatic heterocycles. The van der Waals surface area contributed by atoms with Crippen molar-refractivity contribution in [1.82, 2.24) is 4.83 Å². The molecule has 19 heavy (non-hydrogen) atoms. The molecule has 0 radical (unpaired) electrons. The average Bonchev–Trinajstić information content (AvgIpc) is 2.35. The highest BCUT2D eigenvalue weighted by Crippen LogP contribution is 2.13. The van der Waals surface area contributed by atoms with E-state index >= 15 is 0 Å². The van der Waals surface area contributed by atoms with Crippen LogP contribution in [0.25, 0.3) is 0 Å². The summed E-state index contributed by atoms with van der Waals surface area (Å²) in [5.41, 5.74) is 0.543. The zero-order valence-electron chi connectivity index (χ0n) is 10.9. The average molecular weight is 283 g/mol. The Morgan fingerprint density at radius 1 is 1.32 bits per heavy atom. The summed E-state index contributed by atoms with van der Waals surface area (Å²) >= 11 is 0. The van der Waals surface area contributed by atoms with Crippen molar-refractivity contribution in [3.8, 4) is 0 Å². The van der Waals surface area contributed by atoms with Crippen molar-refractivity contribution < 1.29 is 13.2 Å². The normalized spacial score (nSPS) is 11.5. The monoisotopic (exact) mass is 283 g/mol. The lowest BCUT2D eigenvalue weighted by atomic mass is 10.3. The van der Waals surface area contributed by atoms with Crippen LogP contribution in [0.2, 0.25) is 0 Å². The molecule has 1 aromatic rings. The molecule has 1 rings (SSSR count). The zero-order valence-corrected chi connectivity index (χ0v) is 11.7. The number of hydrazone groups is 1. The highest BCUT2D eigenvalue weighted by molar-refractivity contribution is 7.89. The van der Waals surface area contributed by atoms with Crippen LogP contribution in [0.1, 0.15) is 26.7 Å². The van der Waals surface area contributed by atoms with E-state index in [-0.39, 0.29) is 10.8 Å². The molecule has 0 heterocycles. The van der Waals surface area contributed by atoms with Crippen molar-refractivity contribution in [1.29, 1.82) is 0 Å². The molecule has 104 valence electrons. The number of unbranched alkanes of at least 4 members (excludes halogenated alkanes) is 1. The summed E-state index contributed by atoms with van der Waals surface area (Å²) in [7, 11) is -3.65. The summed E-state index contributed by atoms with van der Waals surface area (Å²) in [6.07, 6.45) is 3.13. The summed E-state index contributed by atoms with van der Waals surface area (Å²) in [5.74, 6) is -0.210. The lowest BCUT2D eigenvalue weighted by molar-refractivity contribution is -0.114. The molecule has 0 aromatic heterocycles. The molecule has 2 N–H and O–H groups in total. The molecule has 0 atom stereocenters. The highest BCUT2D eigenvalue weighted by Gasteiger charge is 2.12. The lowest BCUT2D eigenvalue weighted by Crippen LogP contribution is -2.18. The number of hydrogen-bond acceptors (Lipinski definition) is 4. The van der Waals surface area contributed by atoms with Crippen molar-refractivity contribution in [2.45, 2.75) is 31.6 Å². The van der Waals surface area contributed by atoms with Gasteiger partial charge in [0.25, 0.3) is 10.0 Å². The lowest BCUT2D eigenvalue weighted by Gasteiger charge is -2.05. The minimum absolute atomic E-state index is 0.0928. The molecule has 0 saturated carbocycles. The predicted octanol–water partition coefficient (Wildman–Crippen LogP) is 1.71. The molecule has 0 bridgehead atoms. The molecule has 0 spiro atoms. The Morgan fingerprint density at radius 3 is 2.47 bits per heavy atom. The number of rotatable bonds is 6. The minimum atomic E-state index is -3.65. The van der Waals surface area contributed by atoms with E-state index < -0.39 is 10.0 Å². The molecule has 0 aliphatic carbocycles. The van der Waals surface area contributed by atoms with Crippen LogP contribution in [-0.4, -0.2) is 20.5 Å². The van der Waals surface area contributed by atoms with E-state index in [0.29, 0.717) is 12.1 Å². The number of carbonyl (C=O) groups is 1. The van der Waals surface area contributed by atoms with Gasteiger partial charge in [0.1, 0.15) is 0 Å². The van der Waals surface area contributed by atoms with Gasteiger partial charge in [0, 0.05) is 18.8 Å². The van der Waals surface area contributed by atoms with Gasteiger partial charge in [0.2, 0.25) is 5.91 Å². The number of carbonyl (C=O) groups excluding carboxylic acids is 1. The van der Waals surface area contributed by atoms with Crippen molar-refractivity contribution in [3.05, 3.63) is 24.3 Å². The third-order valence-electron chi connectivity index (χ3n) is 2.17. The second-order valence-corrected chi connectivity index (χ2v) is 5.56. The highest BCUT2D eigenvalue weighted by atomic mass is 32.2. The van der Waals surface area contributed by atoms with E-state index in [1.165, 1.54) is 37.4 Å². The summed E-state index contributed by atoms with van der Waals surface area (Å²) < 4.78 is 23.6. The van der Waals surface area contributed by atoms with Gasteiger partial charge in [-0.2, -0.15) is 13.5 Å². The van der Waals surface area contributed by atoms with Gasteiger partial charge >= 0.3 is 0 Å². The maximum Gasteiger partial charge on any atom is 0.276 e.